The molecule has 17 nitrogen and oxygen atoms in total. The van der Waals surface area contributed by atoms with Crippen molar-refractivity contribution in [2.45, 2.75) is 205 Å². The number of carbonyl (C=O) groups is 3. The SMILES string of the molecule is CC[C@H]1OC(=O)[C@H](C)[C@@H](O[C@H]2C[C@@](C)(OC)[C@@H](OCCCCO)[C@H](C)O2)[C@H](C)[C@@H](O[C@@H]2O[C@H](C)C[C@H](N(C)C)[C@H]2OC(C)=O)[C@](C)(O)C[C@@H](C)CN(C)[C@H](C)[C@H]2OC(=O)O[C@@]21C. The Morgan fingerprint density at radius 1 is 0.952 bits per heavy atom. The van der Waals surface area contributed by atoms with Gasteiger partial charge in [-0.3, -0.25) is 14.5 Å². The van der Waals surface area contributed by atoms with Crippen molar-refractivity contribution in [1.82, 2.24) is 9.80 Å². The van der Waals surface area contributed by atoms with Crippen LogP contribution >= 0.6 is 0 Å². The molecule has 0 aromatic heterocycles. The Balaban J connectivity index is 1.84. The van der Waals surface area contributed by atoms with Crippen LogP contribution in [0.4, 0.5) is 4.79 Å². The molecule has 4 rings (SSSR count). The number of methoxy groups -OCH3 is 1. The summed E-state index contributed by atoms with van der Waals surface area (Å²) in [6.07, 6.45) is -6.16. The van der Waals surface area contributed by atoms with E-state index >= 15 is 0 Å². The lowest BCUT2D eigenvalue weighted by Crippen LogP contribution is -2.61. The largest absolute Gasteiger partial charge is 0.509 e. The molecule has 17 heteroatoms. The molecule has 360 valence electrons. The molecule has 4 heterocycles. The molecule has 0 aromatic carbocycles. The Morgan fingerprint density at radius 3 is 2.23 bits per heavy atom. The molecule has 2 N–H and O–H groups in total. The van der Waals surface area contributed by atoms with E-state index in [0.29, 0.717) is 38.8 Å². The van der Waals surface area contributed by atoms with Gasteiger partial charge < -0.3 is 62.5 Å². The summed E-state index contributed by atoms with van der Waals surface area (Å²) in [5, 5.41) is 22.2. The summed E-state index contributed by atoms with van der Waals surface area (Å²) in [5.41, 5.74) is -3.79. The molecular formula is C45H80N2O15. The molecule has 0 unspecified atom stereocenters. The quantitative estimate of drug-likeness (QED) is 0.150. The van der Waals surface area contributed by atoms with Crippen molar-refractivity contribution in [1.29, 1.82) is 0 Å². The smallest absolute Gasteiger partial charge is 0.458 e. The first-order valence-electron chi connectivity index (χ1n) is 22.7. The van der Waals surface area contributed by atoms with Crippen LogP contribution in [-0.4, -0.2) is 176 Å². The second-order valence-electron chi connectivity index (χ2n) is 19.4. The van der Waals surface area contributed by atoms with Crippen LogP contribution in [0, 0.1) is 17.8 Å². The van der Waals surface area contributed by atoms with Gasteiger partial charge in [0, 0.05) is 52.2 Å². The maximum Gasteiger partial charge on any atom is 0.509 e. The van der Waals surface area contributed by atoms with Gasteiger partial charge in [-0.25, -0.2) is 4.79 Å². The summed E-state index contributed by atoms with van der Waals surface area (Å²) >= 11 is 0. The lowest BCUT2D eigenvalue weighted by molar-refractivity contribution is -0.321. The molecule has 0 spiro atoms. The van der Waals surface area contributed by atoms with Crippen molar-refractivity contribution in [3.05, 3.63) is 0 Å². The van der Waals surface area contributed by atoms with Crippen LogP contribution in [0.2, 0.25) is 0 Å². The molecule has 4 saturated heterocycles. The van der Waals surface area contributed by atoms with Crippen molar-refractivity contribution in [2.75, 3.05) is 48.0 Å². The second-order valence-corrected chi connectivity index (χ2v) is 19.4. The maximum atomic E-state index is 14.7. The highest BCUT2D eigenvalue weighted by Gasteiger charge is 2.58. The number of cyclic esters (lactones) is 1. The van der Waals surface area contributed by atoms with Gasteiger partial charge in [-0.15, -0.1) is 0 Å². The summed E-state index contributed by atoms with van der Waals surface area (Å²) < 4.78 is 63.3. The molecular weight excluding hydrogens is 808 g/mol. The number of aliphatic hydroxyl groups excluding tert-OH is 1. The first kappa shape index (κ1) is 52.4. The molecule has 18 atom stereocenters. The minimum absolute atomic E-state index is 0.0642. The van der Waals surface area contributed by atoms with E-state index in [1.165, 1.54) is 6.92 Å². The number of likely N-dealkylation sites (N-methyl/N-ethyl adjacent to an activating group) is 2. The van der Waals surface area contributed by atoms with Gasteiger partial charge in [0.2, 0.25) is 0 Å². The highest BCUT2D eigenvalue weighted by Crippen LogP contribution is 2.42. The molecule has 0 aliphatic carbocycles. The van der Waals surface area contributed by atoms with Gasteiger partial charge in [-0.2, -0.15) is 0 Å². The summed E-state index contributed by atoms with van der Waals surface area (Å²) in [6.45, 7) is 20.9. The van der Waals surface area contributed by atoms with Crippen LogP contribution in [0.5, 0.6) is 0 Å². The third-order valence-corrected chi connectivity index (χ3v) is 13.8. The lowest BCUT2D eigenvalue weighted by Gasteiger charge is -2.49. The lowest BCUT2D eigenvalue weighted by atomic mass is 9.77. The Labute approximate surface area is 370 Å². The number of aliphatic hydroxyl groups is 2. The van der Waals surface area contributed by atoms with E-state index in [2.05, 4.69) is 4.90 Å². The van der Waals surface area contributed by atoms with Crippen LogP contribution in [-0.2, 0) is 57.0 Å². The number of nitrogens with zero attached hydrogens (tertiary/aromatic N) is 2. The first-order valence-corrected chi connectivity index (χ1v) is 22.7. The Hall–Kier alpha value is -2.19. The highest BCUT2D eigenvalue weighted by atomic mass is 16.8. The Bertz CT molecular complexity index is 1470. The van der Waals surface area contributed by atoms with E-state index in [4.69, 9.17) is 47.4 Å². The number of fused-ring (bicyclic) bond motifs is 1. The van der Waals surface area contributed by atoms with Crippen LogP contribution in [0.3, 0.4) is 0 Å². The monoisotopic (exact) mass is 889 g/mol. The molecule has 0 aromatic rings. The van der Waals surface area contributed by atoms with Crippen molar-refractivity contribution in [3.8, 4) is 0 Å². The van der Waals surface area contributed by atoms with Crippen molar-refractivity contribution in [2.24, 2.45) is 17.8 Å². The standard InChI is InChI=1S/C45H80N2O15/c1-16-33-45(11)38(61-42(51)62-45)29(6)47(14)24-25(2)22-43(9,52)37(60-41-36(57-31(8)49)32(46(12)13)21-26(3)55-41)27(4)35(28(5)40(50)58-33)59-34-23-44(10,53-15)39(30(7)56-34)54-20-18-17-19-48/h25-30,32-39,41,48,52H,16-24H2,1-15H3/t25-,26-,27+,28-,29-,30+,32+,33-,34+,35+,36-,37-,38-,39+,41+,43-,44-,45-/m1/s1. The van der Waals surface area contributed by atoms with Crippen LogP contribution < -0.4 is 0 Å². The van der Waals surface area contributed by atoms with E-state index in [0.717, 1.165) is 0 Å². The minimum atomic E-state index is -1.59. The van der Waals surface area contributed by atoms with E-state index in [1.54, 1.807) is 27.9 Å². The summed E-state index contributed by atoms with van der Waals surface area (Å²) in [4.78, 5) is 44.2. The summed E-state index contributed by atoms with van der Waals surface area (Å²) in [7, 11) is 7.34. The number of esters is 2. The van der Waals surface area contributed by atoms with Gasteiger partial charge in [0.15, 0.2) is 30.4 Å². The third kappa shape index (κ3) is 12.2. The number of carbonyl (C=O) groups excluding carboxylic acids is 3. The maximum absolute atomic E-state index is 14.7. The van der Waals surface area contributed by atoms with Crippen molar-refractivity contribution in [3.63, 3.8) is 0 Å². The molecule has 0 amide bonds. The predicted molar refractivity (Wildman–Crippen MR) is 227 cm³/mol. The topological polar surface area (TPSA) is 190 Å². The van der Waals surface area contributed by atoms with Gasteiger partial charge in [-0.05, 0) is 108 Å². The van der Waals surface area contributed by atoms with Crippen LogP contribution in [0.1, 0.15) is 115 Å². The van der Waals surface area contributed by atoms with Gasteiger partial charge in [0.25, 0.3) is 0 Å². The first-order chi connectivity index (χ1) is 28.9. The molecule has 0 bridgehead atoms. The van der Waals surface area contributed by atoms with E-state index in [-0.39, 0.29) is 43.6 Å². The van der Waals surface area contributed by atoms with Crippen molar-refractivity contribution < 1.29 is 72.0 Å². The molecule has 0 radical (unpaired) electrons. The second kappa shape index (κ2) is 21.9. The van der Waals surface area contributed by atoms with Gasteiger partial charge >= 0.3 is 18.1 Å². The predicted octanol–water partition coefficient (Wildman–Crippen LogP) is 4.45. The molecule has 4 aliphatic rings. The number of ether oxygens (including phenoxy) is 10. The van der Waals surface area contributed by atoms with Gasteiger partial charge in [-0.1, -0.05) is 20.8 Å². The zero-order valence-corrected chi connectivity index (χ0v) is 40.1. The fourth-order valence-electron chi connectivity index (χ4n) is 10.4. The minimum Gasteiger partial charge on any atom is -0.458 e. The number of hydrogen-bond donors (Lipinski definition) is 2. The number of rotatable bonds is 13. The zero-order chi connectivity index (χ0) is 46.5. The van der Waals surface area contributed by atoms with E-state index in [1.807, 2.05) is 74.5 Å². The third-order valence-electron chi connectivity index (χ3n) is 13.8. The molecule has 4 fully saturated rings. The Kier molecular flexibility index (Phi) is 18.5. The van der Waals surface area contributed by atoms with Gasteiger partial charge in [0.1, 0.15) is 12.2 Å². The zero-order valence-electron chi connectivity index (χ0n) is 40.1. The molecule has 62 heavy (non-hydrogen) atoms. The van der Waals surface area contributed by atoms with E-state index < -0.39 is 102 Å². The number of hydrogen-bond acceptors (Lipinski definition) is 17. The Morgan fingerprint density at radius 2 is 1.63 bits per heavy atom. The highest BCUT2D eigenvalue weighted by molar-refractivity contribution is 5.73. The van der Waals surface area contributed by atoms with Crippen LogP contribution in [0.15, 0.2) is 0 Å². The number of unbranched alkanes of at least 4 members (excludes halogenated alkanes) is 1. The van der Waals surface area contributed by atoms with E-state index in [9.17, 15) is 24.6 Å². The summed E-state index contributed by atoms with van der Waals surface area (Å²) in [5.74, 6) is -3.05. The fourth-order valence-corrected chi connectivity index (χ4v) is 10.4. The van der Waals surface area contributed by atoms with Crippen LogP contribution in [0.25, 0.3) is 0 Å². The normalized spacial score (nSPS) is 44.1. The van der Waals surface area contributed by atoms with Crippen molar-refractivity contribution >= 4 is 18.1 Å². The average Bonchev–Trinajstić information content (AvgIpc) is 3.50. The fraction of sp³-hybridized carbons (Fsp3) is 0.933. The molecule has 0 saturated carbocycles. The average molecular weight is 889 g/mol. The van der Waals surface area contributed by atoms with Gasteiger partial charge in [0.05, 0.1) is 47.6 Å². The summed E-state index contributed by atoms with van der Waals surface area (Å²) in [6, 6.07) is -0.639. The molecule has 4 aliphatic heterocycles.